The summed E-state index contributed by atoms with van der Waals surface area (Å²) in [6.45, 7) is 7.57. The predicted octanol–water partition coefficient (Wildman–Crippen LogP) is 3.75. The molecule has 0 aliphatic rings. The monoisotopic (exact) mass is 406 g/mol. The maximum absolute atomic E-state index is 12.3. The second-order valence-electron chi connectivity index (χ2n) is 6.77. The first-order chi connectivity index (χ1) is 14.5. The maximum atomic E-state index is 12.3. The van der Waals surface area contributed by atoms with Gasteiger partial charge in [-0.15, -0.1) is 0 Å². The second-order valence-corrected chi connectivity index (χ2v) is 6.77. The Balaban J connectivity index is 1.97. The third-order valence-corrected chi connectivity index (χ3v) is 5.08. The molecule has 2 aromatic heterocycles. The number of nitrogens with zero attached hydrogens (tertiary/aromatic N) is 3. The van der Waals surface area contributed by atoms with Crippen LogP contribution in [0.5, 0.6) is 0 Å². The van der Waals surface area contributed by atoms with Crippen molar-refractivity contribution in [3.8, 4) is 11.1 Å². The second kappa shape index (κ2) is 7.98. The van der Waals surface area contributed by atoms with E-state index in [9.17, 15) is 9.59 Å². The standard InChI is InChI=1S/C22H22N4O4/c1-4-26(5-2)19-12-20-14(10-16(22(28)30-20)21(27)29-6-3)9-15(19)13-7-8-17-18(11-13)24-25-23-17/h7-12H,4-6H2,1-3H3,(H,23,24,25). The van der Waals surface area contributed by atoms with E-state index >= 15 is 0 Å². The minimum atomic E-state index is -0.705. The highest BCUT2D eigenvalue weighted by Gasteiger charge is 2.18. The molecule has 0 radical (unpaired) electrons. The number of carbonyl (C=O) groups excluding carboxylic acids is 1. The minimum Gasteiger partial charge on any atom is -0.462 e. The lowest BCUT2D eigenvalue weighted by atomic mass is 9.99. The molecule has 2 aromatic carbocycles. The van der Waals surface area contributed by atoms with Crippen LogP contribution in [-0.2, 0) is 4.74 Å². The van der Waals surface area contributed by atoms with E-state index in [-0.39, 0.29) is 12.2 Å². The van der Waals surface area contributed by atoms with Gasteiger partial charge in [0.25, 0.3) is 0 Å². The van der Waals surface area contributed by atoms with Crippen LogP contribution >= 0.6 is 0 Å². The fourth-order valence-electron chi connectivity index (χ4n) is 3.57. The molecule has 0 fully saturated rings. The number of aromatic nitrogens is 3. The number of ether oxygens (including phenoxy) is 1. The van der Waals surface area contributed by atoms with Crippen LogP contribution in [0.4, 0.5) is 5.69 Å². The molecular formula is C22H22N4O4. The third kappa shape index (κ3) is 3.41. The van der Waals surface area contributed by atoms with E-state index in [0.717, 1.165) is 40.9 Å². The Kier molecular flexibility index (Phi) is 5.22. The summed E-state index contributed by atoms with van der Waals surface area (Å²) in [4.78, 5) is 26.7. The van der Waals surface area contributed by atoms with E-state index < -0.39 is 11.6 Å². The SMILES string of the molecule is CCOC(=O)c1cc2cc(-c3ccc4n[nH]nc4c3)c(N(CC)CC)cc2oc1=O. The molecule has 0 aliphatic heterocycles. The van der Waals surface area contributed by atoms with Crippen molar-refractivity contribution in [2.75, 3.05) is 24.6 Å². The highest BCUT2D eigenvalue weighted by Crippen LogP contribution is 2.36. The Morgan fingerprint density at radius 2 is 1.83 bits per heavy atom. The summed E-state index contributed by atoms with van der Waals surface area (Å²) < 4.78 is 10.5. The van der Waals surface area contributed by atoms with Gasteiger partial charge >= 0.3 is 11.6 Å². The summed E-state index contributed by atoms with van der Waals surface area (Å²) in [5, 5.41) is 11.6. The molecular weight excluding hydrogens is 384 g/mol. The molecule has 0 saturated heterocycles. The maximum Gasteiger partial charge on any atom is 0.351 e. The van der Waals surface area contributed by atoms with Gasteiger partial charge in [0.2, 0.25) is 0 Å². The van der Waals surface area contributed by atoms with Crippen molar-refractivity contribution in [3.05, 3.63) is 52.4 Å². The molecule has 8 nitrogen and oxygen atoms in total. The van der Waals surface area contributed by atoms with Gasteiger partial charge in [0.1, 0.15) is 22.2 Å². The zero-order valence-electron chi connectivity index (χ0n) is 17.1. The summed E-state index contributed by atoms with van der Waals surface area (Å²) in [6.07, 6.45) is 0. The average molecular weight is 406 g/mol. The minimum absolute atomic E-state index is 0.113. The van der Waals surface area contributed by atoms with Crippen LogP contribution in [-0.4, -0.2) is 41.1 Å². The molecule has 0 unspecified atom stereocenters. The number of hydrogen-bond donors (Lipinski definition) is 1. The number of esters is 1. The van der Waals surface area contributed by atoms with E-state index in [1.165, 1.54) is 6.07 Å². The van der Waals surface area contributed by atoms with E-state index in [1.807, 2.05) is 30.3 Å². The first kappa shape index (κ1) is 19.6. The molecule has 4 rings (SSSR count). The Morgan fingerprint density at radius 1 is 1.07 bits per heavy atom. The first-order valence-electron chi connectivity index (χ1n) is 9.90. The topological polar surface area (TPSA) is 101 Å². The highest BCUT2D eigenvalue weighted by atomic mass is 16.5. The van der Waals surface area contributed by atoms with Crippen molar-refractivity contribution in [1.29, 1.82) is 0 Å². The molecule has 0 atom stereocenters. The Morgan fingerprint density at radius 3 is 2.57 bits per heavy atom. The van der Waals surface area contributed by atoms with Gasteiger partial charge in [-0.05, 0) is 50.6 Å². The van der Waals surface area contributed by atoms with Gasteiger partial charge in [-0.3, -0.25) is 0 Å². The molecule has 0 saturated carbocycles. The Labute approximate surface area is 172 Å². The highest BCUT2D eigenvalue weighted by molar-refractivity contribution is 5.97. The van der Waals surface area contributed by atoms with Crippen LogP contribution in [0.15, 0.2) is 45.6 Å². The van der Waals surface area contributed by atoms with Crippen LogP contribution in [0.3, 0.4) is 0 Å². The Hall–Kier alpha value is -3.68. The first-order valence-corrected chi connectivity index (χ1v) is 9.90. The zero-order chi connectivity index (χ0) is 21.3. The number of anilines is 1. The van der Waals surface area contributed by atoms with Crippen molar-refractivity contribution >= 4 is 33.7 Å². The summed E-state index contributed by atoms with van der Waals surface area (Å²) in [7, 11) is 0. The molecule has 0 aliphatic carbocycles. The largest absolute Gasteiger partial charge is 0.462 e. The van der Waals surface area contributed by atoms with Crippen molar-refractivity contribution in [2.45, 2.75) is 20.8 Å². The van der Waals surface area contributed by atoms with Crippen LogP contribution in [0.1, 0.15) is 31.1 Å². The van der Waals surface area contributed by atoms with E-state index in [2.05, 4.69) is 34.2 Å². The van der Waals surface area contributed by atoms with Crippen molar-refractivity contribution in [1.82, 2.24) is 15.4 Å². The molecule has 1 N–H and O–H groups in total. The fourth-order valence-corrected chi connectivity index (χ4v) is 3.57. The van der Waals surface area contributed by atoms with Crippen LogP contribution in [0, 0.1) is 0 Å². The van der Waals surface area contributed by atoms with Gasteiger partial charge in [0.15, 0.2) is 0 Å². The quantitative estimate of drug-likeness (QED) is 0.384. The molecule has 4 aromatic rings. The summed E-state index contributed by atoms with van der Waals surface area (Å²) in [6, 6.07) is 11.1. The van der Waals surface area contributed by atoms with Gasteiger partial charge < -0.3 is 14.1 Å². The molecule has 0 amide bonds. The molecule has 0 spiro atoms. The number of nitrogens with one attached hydrogen (secondary N) is 1. The number of hydrogen-bond acceptors (Lipinski definition) is 7. The van der Waals surface area contributed by atoms with Crippen molar-refractivity contribution in [2.24, 2.45) is 0 Å². The third-order valence-electron chi connectivity index (χ3n) is 5.08. The van der Waals surface area contributed by atoms with Crippen molar-refractivity contribution in [3.63, 3.8) is 0 Å². The van der Waals surface area contributed by atoms with Gasteiger partial charge in [0, 0.05) is 35.8 Å². The fraction of sp³-hybridized carbons (Fsp3) is 0.273. The molecule has 154 valence electrons. The normalized spacial score (nSPS) is 11.2. The number of carbonyl (C=O) groups is 1. The van der Waals surface area contributed by atoms with Crippen LogP contribution in [0.2, 0.25) is 0 Å². The number of H-pyrrole nitrogens is 1. The lowest BCUT2D eigenvalue weighted by molar-refractivity contribution is 0.0522. The average Bonchev–Trinajstić information content (AvgIpc) is 3.21. The van der Waals surface area contributed by atoms with E-state index in [0.29, 0.717) is 11.0 Å². The molecule has 0 bridgehead atoms. The van der Waals surface area contributed by atoms with Crippen LogP contribution < -0.4 is 10.5 Å². The molecule has 8 heteroatoms. The van der Waals surface area contributed by atoms with E-state index in [1.54, 1.807) is 6.92 Å². The molecule has 2 heterocycles. The van der Waals surface area contributed by atoms with Gasteiger partial charge in [-0.25, -0.2) is 9.59 Å². The number of rotatable bonds is 6. The van der Waals surface area contributed by atoms with Gasteiger partial charge in [-0.2, -0.15) is 15.4 Å². The Bertz CT molecular complexity index is 1290. The van der Waals surface area contributed by atoms with Gasteiger partial charge in [0.05, 0.1) is 6.61 Å². The summed E-state index contributed by atoms with van der Waals surface area (Å²) in [5.41, 5.74) is 3.96. The van der Waals surface area contributed by atoms with Crippen molar-refractivity contribution < 1.29 is 13.9 Å². The molecule has 30 heavy (non-hydrogen) atoms. The summed E-state index contributed by atoms with van der Waals surface area (Å²) >= 11 is 0. The number of aromatic amines is 1. The lowest BCUT2D eigenvalue weighted by Crippen LogP contribution is -2.22. The van der Waals surface area contributed by atoms with Crippen LogP contribution in [0.25, 0.3) is 33.1 Å². The smallest absolute Gasteiger partial charge is 0.351 e. The summed E-state index contributed by atoms with van der Waals surface area (Å²) in [5.74, 6) is -0.688. The van der Waals surface area contributed by atoms with Gasteiger partial charge in [-0.1, -0.05) is 6.07 Å². The number of benzene rings is 2. The van der Waals surface area contributed by atoms with E-state index in [4.69, 9.17) is 9.15 Å². The predicted molar refractivity (Wildman–Crippen MR) is 115 cm³/mol. The number of fused-ring (bicyclic) bond motifs is 2. The zero-order valence-corrected chi connectivity index (χ0v) is 17.1. The lowest BCUT2D eigenvalue weighted by Gasteiger charge is -2.24.